The smallest absolute Gasteiger partial charge is 0.259 e. The number of nitrogens with zero attached hydrogens (tertiary/aromatic N) is 1. The summed E-state index contributed by atoms with van der Waals surface area (Å²) in [5.41, 5.74) is 4.28. The molecule has 0 saturated heterocycles. The average molecular weight is 614 g/mol. The molecule has 1 heterocycles. The van der Waals surface area contributed by atoms with E-state index in [9.17, 15) is 4.79 Å². The molecule has 1 amide bonds. The Bertz CT molecular complexity index is 1470. The van der Waals surface area contributed by atoms with Crippen LogP contribution in [-0.2, 0) is 19.4 Å². The minimum absolute atomic E-state index is 0.122. The maximum atomic E-state index is 13.4. The summed E-state index contributed by atoms with van der Waals surface area (Å²) < 4.78 is 7.02. The molecule has 0 saturated carbocycles. The quantitative estimate of drug-likeness (QED) is 0.211. The number of aryl methyl sites for hydroxylation is 1. The maximum absolute atomic E-state index is 13.4. The standard InChI is InChI=1S/C29H23BrCl2N2O2S/c30-20-11-13-25(36-17-18-10-12-23(31)24(32)14-18)19(15-20)16-33-29-27(22-8-4-5-9-26(22)37-29)28(35)34-21-6-2-1-3-7-21/h1-3,6-7,10-16H,4-5,8-9,17H2,(H,34,35). The summed E-state index contributed by atoms with van der Waals surface area (Å²) in [6.07, 6.45) is 5.86. The van der Waals surface area contributed by atoms with Crippen molar-refractivity contribution in [1.82, 2.24) is 0 Å². The number of carbonyl (C=O) groups is 1. The number of anilines is 1. The van der Waals surface area contributed by atoms with Gasteiger partial charge in [-0.05, 0) is 79.3 Å². The number of rotatable bonds is 7. The van der Waals surface area contributed by atoms with Gasteiger partial charge in [-0.2, -0.15) is 0 Å². The van der Waals surface area contributed by atoms with Gasteiger partial charge < -0.3 is 10.1 Å². The maximum Gasteiger partial charge on any atom is 0.259 e. The second-order valence-corrected chi connectivity index (χ2v) is 11.5. The lowest BCUT2D eigenvalue weighted by molar-refractivity contribution is 0.102. The van der Waals surface area contributed by atoms with Crippen LogP contribution >= 0.6 is 50.5 Å². The van der Waals surface area contributed by atoms with Crippen molar-refractivity contribution in [2.75, 3.05) is 5.32 Å². The molecule has 0 aliphatic heterocycles. The summed E-state index contributed by atoms with van der Waals surface area (Å²) in [5, 5.41) is 4.76. The van der Waals surface area contributed by atoms with Gasteiger partial charge in [0.2, 0.25) is 0 Å². The number of hydrogen-bond acceptors (Lipinski definition) is 4. The number of fused-ring (bicyclic) bond motifs is 1. The van der Waals surface area contributed by atoms with Gasteiger partial charge in [-0.15, -0.1) is 11.3 Å². The van der Waals surface area contributed by atoms with E-state index in [0.717, 1.165) is 57.5 Å². The monoisotopic (exact) mass is 612 g/mol. The molecule has 3 aromatic carbocycles. The van der Waals surface area contributed by atoms with E-state index in [0.29, 0.717) is 28.0 Å². The van der Waals surface area contributed by atoms with Gasteiger partial charge >= 0.3 is 0 Å². The van der Waals surface area contributed by atoms with E-state index in [1.54, 1.807) is 29.7 Å². The van der Waals surface area contributed by atoms with Crippen molar-refractivity contribution < 1.29 is 9.53 Å². The molecular weight excluding hydrogens is 591 g/mol. The third-order valence-corrected chi connectivity index (χ3v) is 8.51. The average Bonchev–Trinajstić information content (AvgIpc) is 3.28. The molecule has 4 nitrogen and oxygen atoms in total. The summed E-state index contributed by atoms with van der Waals surface area (Å²) in [7, 11) is 0. The molecule has 1 aromatic heterocycles. The number of benzene rings is 3. The molecule has 0 bridgehead atoms. The summed E-state index contributed by atoms with van der Waals surface area (Å²) in [4.78, 5) is 19.5. The first kappa shape index (κ1) is 26.0. The fraction of sp³-hybridized carbons (Fsp3) is 0.172. The van der Waals surface area contributed by atoms with E-state index in [1.807, 2.05) is 54.6 Å². The Kier molecular flexibility index (Phi) is 8.30. The Hall–Kier alpha value is -2.64. The number of ether oxygens (including phenoxy) is 1. The highest BCUT2D eigenvalue weighted by Crippen LogP contribution is 2.40. The predicted octanol–water partition coefficient (Wildman–Crippen LogP) is 9.28. The summed E-state index contributed by atoms with van der Waals surface area (Å²) in [5.74, 6) is 0.553. The van der Waals surface area contributed by atoms with Crippen LogP contribution in [0.5, 0.6) is 5.75 Å². The highest BCUT2D eigenvalue weighted by Gasteiger charge is 2.25. The van der Waals surface area contributed by atoms with Crippen LogP contribution in [0, 0.1) is 0 Å². The Morgan fingerprint density at radius 2 is 1.84 bits per heavy atom. The number of aliphatic imine (C=N–C) groups is 1. The lowest BCUT2D eigenvalue weighted by atomic mass is 9.95. The summed E-state index contributed by atoms with van der Waals surface area (Å²) in [6, 6.07) is 20.7. The minimum atomic E-state index is -0.122. The Morgan fingerprint density at radius 1 is 1.03 bits per heavy atom. The highest BCUT2D eigenvalue weighted by atomic mass is 79.9. The zero-order valence-electron chi connectivity index (χ0n) is 19.8. The Morgan fingerprint density at radius 3 is 2.65 bits per heavy atom. The molecule has 1 aliphatic carbocycles. The molecule has 8 heteroatoms. The number of thiophene rings is 1. The van der Waals surface area contributed by atoms with Gasteiger partial charge in [-0.3, -0.25) is 4.79 Å². The van der Waals surface area contributed by atoms with Gasteiger partial charge in [0.25, 0.3) is 5.91 Å². The molecule has 0 radical (unpaired) electrons. The first-order valence-corrected chi connectivity index (χ1v) is 14.3. The SMILES string of the molecule is O=C(Nc1ccccc1)c1c(N=Cc2cc(Br)ccc2OCc2ccc(Cl)c(Cl)c2)sc2c1CCCC2. The number of para-hydroxylation sites is 1. The van der Waals surface area contributed by atoms with Crippen molar-refractivity contribution in [3.8, 4) is 5.75 Å². The molecule has 0 spiro atoms. The zero-order chi connectivity index (χ0) is 25.8. The van der Waals surface area contributed by atoms with E-state index in [1.165, 1.54) is 4.88 Å². The van der Waals surface area contributed by atoms with Crippen molar-refractivity contribution in [1.29, 1.82) is 0 Å². The first-order chi connectivity index (χ1) is 18.0. The highest BCUT2D eigenvalue weighted by molar-refractivity contribution is 9.10. The van der Waals surface area contributed by atoms with Crippen molar-refractivity contribution >= 4 is 73.3 Å². The number of carbonyl (C=O) groups excluding carboxylic acids is 1. The zero-order valence-corrected chi connectivity index (χ0v) is 23.7. The second kappa shape index (κ2) is 11.8. The Labute approximate surface area is 238 Å². The fourth-order valence-electron chi connectivity index (χ4n) is 4.26. The van der Waals surface area contributed by atoms with Gasteiger partial charge in [0.15, 0.2) is 0 Å². The fourth-order valence-corrected chi connectivity index (χ4v) is 6.19. The second-order valence-electron chi connectivity index (χ2n) is 8.69. The summed E-state index contributed by atoms with van der Waals surface area (Å²) >= 11 is 17.3. The van der Waals surface area contributed by atoms with Gasteiger partial charge in [-0.1, -0.05) is 63.4 Å². The molecule has 0 atom stereocenters. The molecule has 188 valence electrons. The predicted molar refractivity (Wildman–Crippen MR) is 158 cm³/mol. The lowest BCUT2D eigenvalue weighted by Crippen LogP contribution is -2.14. The summed E-state index contributed by atoms with van der Waals surface area (Å²) in [6.45, 7) is 0.331. The van der Waals surface area contributed by atoms with Gasteiger partial charge in [0.05, 0.1) is 15.6 Å². The normalized spacial score (nSPS) is 12.9. The van der Waals surface area contributed by atoms with Crippen molar-refractivity contribution in [2.24, 2.45) is 4.99 Å². The van der Waals surface area contributed by atoms with Gasteiger partial charge in [-0.25, -0.2) is 4.99 Å². The van der Waals surface area contributed by atoms with E-state index >= 15 is 0 Å². The minimum Gasteiger partial charge on any atom is -0.488 e. The Balaban J connectivity index is 1.43. The van der Waals surface area contributed by atoms with Crippen LogP contribution in [-0.4, -0.2) is 12.1 Å². The largest absolute Gasteiger partial charge is 0.488 e. The van der Waals surface area contributed by atoms with Crippen LogP contribution in [0.3, 0.4) is 0 Å². The van der Waals surface area contributed by atoms with E-state index in [2.05, 4.69) is 21.2 Å². The van der Waals surface area contributed by atoms with Crippen molar-refractivity contribution in [2.45, 2.75) is 32.3 Å². The third-order valence-electron chi connectivity index (χ3n) is 6.08. The van der Waals surface area contributed by atoms with Crippen LogP contribution in [0.4, 0.5) is 10.7 Å². The van der Waals surface area contributed by atoms with Crippen molar-refractivity contribution in [3.63, 3.8) is 0 Å². The number of halogens is 3. The molecule has 5 rings (SSSR count). The van der Waals surface area contributed by atoms with Gasteiger partial charge in [0.1, 0.15) is 17.4 Å². The molecule has 0 unspecified atom stereocenters. The number of amides is 1. The van der Waals surface area contributed by atoms with Crippen LogP contribution in [0.2, 0.25) is 10.0 Å². The molecule has 4 aromatic rings. The molecule has 0 fully saturated rings. The van der Waals surface area contributed by atoms with Crippen LogP contribution < -0.4 is 10.1 Å². The van der Waals surface area contributed by atoms with Gasteiger partial charge in [0, 0.05) is 26.8 Å². The number of nitrogens with one attached hydrogen (secondary N) is 1. The van der Waals surface area contributed by atoms with Crippen LogP contribution in [0.1, 0.15) is 44.8 Å². The molecular formula is C29H23BrCl2N2O2S. The lowest BCUT2D eigenvalue weighted by Gasteiger charge is -2.13. The molecule has 1 aliphatic rings. The van der Waals surface area contributed by atoms with E-state index < -0.39 is 0 Å². The number of hydrogen-bond donors (Lipinski definition) is 1. The van der Waals surface area contributed by atoms with Crippen molar-refractivity contribution in [3.05, 3.63) is 108 Å². The van der Waals surface area contributed by atoms with Crippen LogP contribution in [0.25, 0.3) is 0 Å². The third kappa shape index (κ3) is 6.27. The van der Waals surface area contributed by atoms with E-state index in [-0.39, 0.29) is 5.91 Å². The first-order valence-electron chi connectivity index (χ1n) is 11.9. The van der Waals surface area contributed by atoms with E-state index in [4.69, 9.17) is 32.9 Å². The van der Waals surface area contributed by atoms with Crippen LogP contribution in [0.15, 0.2) is 76.2 Å². The molecule has 37 heavy (non-hydrogen) atoms. The molecule has 1 N–H and O–H groups in total. The topological polar surface area (TPSA) is 50.7 Å².